The van der Waals surface area contributed by atoms with E-state index >= 15 is 0 Å². The van der Waals surface area contributed by atoms with Crippen LogP contribution >= 0.6 is 0 Å². The minimum absolute atomic E-state index is 0.0679. The van der Waals surface area contributed by atoms with Gasteiger partial charge >= 0.3 is 0 Å². The smallest absolute Gasteiger partial charge is 0.225 e. The highest BCUT2D eigenvalue weighted by atomic mass is 16.5. The Morgan fingerprint density at radius 2 is 1.81 bits per heavy atom. The van der Waals surface area contributed by atoms with Gasteiger partial charge in [0, 0.05) is 50.7 Å². The standard InChI is InChI=1S/C31H52N10O2/c1-3-9-26(4-2)33-14-7-12-32-13-8-15-41-25-27(37-38-41)24-34-31-35-29-11-6-5-10-28(29)30(36-31)40-18-16-39(17-19-40)20-22-43-23-21-42/h5-6,10-11,25-26,32-33,42H,3-4,7-9,12-24H2,1-2H3,(H,34,35,36). The molecule has 0 radical (unpaired) electrons. The molecule has 1 saturated heterocycles. The SMILES string of the molecule is CCCC(CC)NCCCNCCCn1cc(CNc2nc(N3CCN(CCOCCO)CC3)c3ccccc3n2)nn1. The summed E-state index contributed by atoms with van der Waals surface area (Å²) in [5.74, 6) is 1.56. The number of aryl methyl sites for hydroxylation is 1. The van der Waals surface area contributed by atoms with E-state index < -0.39 is 0 Å². The molecule has 1 aromatic carbocycles. The lowest BCUT2D eigenvalue weighted by Gasteiger charge is -2.35. The van der Waals surface area contributed by atoms with Crippen molar-refractivity contribution in [1.29, 1.82) is 0 Å². The molecule has 238 valence electrons. The van der Waals surface area contributed by atoms with Gasteiger partial charge in [-0.3, -0.25) is 9.58 Å². The van der Waals surface area contributed by atoms with Gasteiger partial charge in [0.1, 0.15) is 11.5 Å². The third kappa shape index (κ3) is 11.0. The zero-order valence-electron chi connectivity index (χ0n) is 26.2. The maximum absolute atomic E-state index is 8.90. The van der Waals surface area contributed by atoms with Crippen LogP contribution < -0.4 is 20.9 Å². The van der Waals surface area contributed by atoms with Crippen LogP contribution in [0.4, 0.5) is 11.8 Å². The summed E-state index contributed by atoms with van der Waals surface area (Å²) in [7, 11) is 0. The van der Waals surface area contributed by atoms with E-state index in [0.29, 0.717) is 31.7 Å². The molecule has 43 heavy (non-hydrogen) atoms. The summed E-state index contributed by atoms with van der Waals surface area (Å²) in [6.45, 7) is 14.6. The van der Waals surface area contributed by atoms with E-state index in [1.807, 2.05) is 29.1 Å². The van der Waals surface area contributed by atoms with Crippen LogP contribution in [-0.2, 0) is 17.8 Å². The van der Waals surface area contributed by atoms with Gasteiger partial charge in [-0.25, -0.2) is 4.98 Å². The Hall–Kier alpha value is -2.90. The molecular formula is C31H52N10O2. The predicted molar refractivity (Wildman–Crippen MR) is 173 cm³/mol. The average molecular weight is 597 g/mol. The van der Waals surface area contributed by atoms with Crippen molar-refractivity contribution >= 4 is 22.7 Å². The number of aliphatic hydroxyl groups excluding tert-OH is 1. The summed E-state index contributed by atoms with van der Waals surface area (Å²) in [5, 5.41) is 29.2. The van der Waals surface area contributed by atoms with Gasteiger partial charge in [-0.2, -0.15) is 4.98 Å². The second-order valence-electron chi connectivity index (χ2n) is 11.2. The van der Waals surface area contributed by atoms with Crippen molar-refractivity contribution in [2.24, 2.45) is 0 Å². The molecule has 1 fully saturated rings. The molecule has 0 bridgehead atoms. The first-order valence-corrected chi connectivity index (χ1v) is 16.2. The van der Waals surface area contributed by atoms with Crippen molar-refractivity contribution in [1.82, 2.24) is 40.5 Å². The highest BCUT2D eigenvalue weighted by Gasteiger charge is 2.21. The zero-order chi connectivity index (χ0) is 30.1. The lowest BCUT2D eigenvalue weighted by atomic mass is 10.1. The number of aliphatic hydroxyl groups is 1. The van der Waals surface area contributed by atoms with Crippen LogP contribution in [0.5, 0.6) is 0 Å². The molecule has 12 nitrogen and oxygen atoms in total. The fourth-order valence-electron chi connectivity index (χ4n) is 5.43. The first-order chi connectivity index (χ1) is 21.2. The highest BCUT2D eigenvalue weighted by Crippen LogP contribution is 2.26. The number of nitrogens with one attached hydrogen (secondary N) is 3. The van der Waals surface area contributed by atoms with Crippen LogP contribution in [0.15, 0.2) is 30.5 Å². The number of aromatic nitrogens is 5. The quantitative estimate of drug-likeness (QED) is 0.135. The van der Waals surface area contributed by atoms with E-state index in [-0.39, 0.29) is 6.61 Å². The number of benzene rings is 1. The summed E-state index contributed by atoms with van der Waals surface area (Å²) in [6.07, 6.45) is 7.87. The van der Waals surface area contributed by atoms with Gasteiger partial charge in [0.05, 0.1) is 38.1 Å². The van der Waals surface area contributed by atoms with Crippen molar-refractivity contribution in [3.8, 4) is 0 Å². The van der Waals surface area contributed by atoms with Crippen LogP contribution in [0, 0.1) is 0 Å². The van der Waals surface area contributed by atoms with E-state index in [2.05, 4.69) is 56.0 Å². The topological polar surface area (TPSA) is 129 Å². The van der Waals surface area contributed by atoms with Gasteiger partial charge in [-0.1, -0.05) is 37.6 Å². The Kier molecular flexibility index (Phi) is 14.3. The fourth-order valence-corrected chi connectivity index (χ4v) is 5.43. The molecule has 3 aromatic rings. The number of hydrogen-bond acceptors (Lipinski definition) is 11. The third-order valence-corrected chi connectivity index (χ3v) is 7.89. The molecule has 0 amide bonds. The number of rotatable bonds is 21. The van der Waals surface area contributed by atoms with Crippen LogP contribution in [0.2, 0.25) is 0 Å². The molecule has 4 rings (SSSR count). The van der Waals surface area contributed by atoms with Gasteiger partial charge < -0.3 is 30.7 Å². The molecule has 2 aromatic heterocycles. The van der Waals surface area contributed by atoms with Gasteiger partial charge in [-0.05, 0) is 57.5 Å². The zero-order valence-corrected chi connectivity index (χ0v) is 26.2. The van der Waals surface area contributed by atoms with Crippen LogP contribution in [0.25, 0.3) is 10.9 Å². The van der Waals surface area contributed by atoms with Gasteiger partial charge in [0.15, 0.2) is 0 Å². The van der Waals surface area contributed by atoms with Crippen LogP contribution in [-0.4, -0.2) is 113 Å². The predicted octanol–water partition coefficient (Wildman–Crippen LogP) is 2.50. The molecule has 1 aliphatic heterocycles. The maximum Gasteiger partial charge on any atom is 0.225 e. The second kappa shape index (κ2) is 18.7. The Morgan fingerprint density at radius 1 is 0.977 bits per heavy atom. The maximum atomic E-state index is 8.90. The number of piperazine rings is 1. The minimum atomic E-state index is 0.0679. The molecule has 4 N–H and O–H groups in total. The van der Waals surface area contributed by atoms with Gasteiger partial charge in [0.2, 0.25) is 5.95 Å². The number of nitrogens with zero attached hydrogens (tertiary/aromatic N) is 7. The Morgan fingerprint density at radius 3 is 2.63 bits per heavy atom. The summed E-state index contributed by atoms with van der Waals surface area (Å²) < 4.78 is 7.36. The lowest BCUT2D eigenvalue weighted by molar-refractivity contribution is 0.0724. The lowest BCUT2D eigenvalue weighted by Crippen LogP contribution is -2.47. The number of fused-ring (bicyclic) bond motifs is 1. The van der Waals surface area contributed by atoms with E-state index in [9.17, 15) is 0 Å². The Labute approximate surface area is 256 Å². The number of ether oxygens (including phenoxy) is 1. The Balaban J connectivity index is 1.20. The second-order valence-corrected chi connectivity index (χ2v) is 11.2. The van der Waals surface area contributed by atoms with Crippen molar-refractivity contribution in [3.05, 3.63) is 36.2 Å². The van der Waals surface area contributed by atoms with Crippen molar-refractivity contribution in [3.63, 3.8) is 0 Å². The summed E-state index contributed by atoms with van der Waals surface area (Å²) in [5.41, 5.74) is 1.79. The molecule has 0 aliphatic carbocycles. The molecule has 0 spiro atoms. The van der Waals surface area contributed by atoms with Crippen LogP contribution in [0.3, 0.4) is 0 Å². The summed E-state index contributed by atoms with van der Waals surface area (Å²) in [6, 6.07) is 8.84. The molecule has 12 heteroatoms. The molecular weight excluding hydrogens is 544 g/mol. The molecule has 1 aliphatic rings. The monoisotopic (exact) mass is 596 g/mol. The molecule has 1 atom stereocenters. The van der Waals surface area contributed by atoms with E-state index in [1.165, 1.54) is 19.3 Å². The fraction of sp³-hybridized carbons (Fsp3) is 0.677. The Bertz CT molecular complexity index is 1180. The van der Waals surface area contributed by atoms with Crippen molar-refractivity contribution in [2.45, 2.75) is 65.1 Å². The summed E-state index contributed by atoms with van der Waals surface area (Å²) in [4.78, 5) is 14.4. The third-order valence-electron chi connectivity index (χ3n) is 7.89. The highest BCUT2D eigenvalue weighted by molar-refractivity contribution is 5.90. The summed E-state index contributed by atoms with van der Waals surface area (Å²) >= 11 is 0. The molecule has 3 heterocycles. The van der Waals surface area contributed by atoms with Crippen LogP contribution in [0.1, 0.15) is 51.6 Å². The largest absolute Gasteiger partial charge is 0.394 e. The normalized spacial score (nSPS) is 14.9. The van der Waals surface area contributed by atoms with Gasteiger partial charge in [-0.15, -0.1) is 5.10 Å². The average Bonchev–Trinajstić information content (AvgIpc) is 3.50. The first-order valence-electron chi connectivity index (χ1n) is 16.2. The minimum Gasteiger partial charge on any atom is -0.394 e. The van der Waals surface area contributed by atoms with E-state index in [0.717, 1.165) is 94.2 Å². The number of hydrogen-bond donors (Lipinski definition) is 4. The van der Waals surface area contributed by atoms with E-state index in [4.69, 9.17) is 19.8 Å². The number of para-hydroxylation sites is 1. The molecule has 1 unspecified atom stereocenters. The van der Waals surface area contributed by atoms with Crippen molar-refractivity contribution < 1.29 is 9.84 Å². The number of anilines is 2. The van der Waals surface area contributed by atoms with Crippen molar-refractivity contribution in [2.75, 3.05) is 82.4 Å². The van der Waals surface area contributed by atoms with E-state index in [1.54, 1.807) is 0 Å². The van der Waals surface area contributed by atoms with Gasteiger partial charge in [0.25, 0.3) is 0 Å². The first kappa shape index (κ1) is 33.0. The molecule has 0 saturated carbocycles.